The van der Waals surface area contributed by atoms with Crippen LogP contribution in [0.4, 0.5) is 0 Å². The summed E-state index contributed by atoms with van der Waals surface area (Å²) in [6.07, 6.45) is 4.60. The second kappa shape index (κ2) is 5.73. The van der Waals surface area contributed by atoms with Gasteiger partial charge in [0.25, 0.3) is 11.8 Å². The van der Waals surface area contributed by atoms with E-state index >= 15 is 0 Å². The van der Waals surface area contributed by atoms with Crippen molar-refractivity contribution in [3.05, 3.63) is 46.7 Å². The van der Waals surface area contributed by atoms with E-state index in [0.717, 1.165) is 18.0 Å². The third-order valence-electron chi connectivity index (χ3n) is 4.57. The van der Waals surface area contributed by atoms with E-state index in [4.69, 9.17) is 0 Å². The smallest absolute Gasteiger partial charge is 0.274 e. The van der Waals surface area contributed by atoms with Crippen LogP contribution in [-0.2, 0) is 0 Å². The van der Waals surface area contributed by atoms with Gasteiger partial charge in [-0.3, -0.25) is 14.6 Å². The molecule has 0 aromatic carbocycles. The standard InChI is InChI=1S/C16H16N4O2S/c21-15(13-6-17-3-4-18-13)19-7-11-9-20(10-12(11)8-19)16(22)14-2-1-5-23-14/h1-6,11-12H,7-10H2/t11-,12+. The van der Waals surface area contributed by atoms with Crippen molar-refractivity contribution in [2.45, 2.75) is 0 Å². The number of fused-ring (bicyclic) bond motifs is 1. The Bertz CT molecular complexity index is 705. The van der Waals surface area contributed by atoms with E-state index in [2.05, 4.69) is 9.97 Å². The Hall–Kier alpha value is -2.28. The lowest BCUT2D eigenvalue weighted by Crippen LogP contribution is -2.35. The van der Waals surface area contributed by atoms with E-state index in [1.807, 2.05) is 27.3 Å². The lowest BCUT2D eigenvalue weighted by atomic mass is 10.0. The predicted molar refractivity (Wildman–Crippen MR) is 85.1 cm³/mol. The van der Waals surface area contributed by atoms with Gasteiger partial charge in [0, 0.05) is 50.4 Å². The fourth-order valence-electron chi connectivity index (χ4n) is 3.45. The number of thiophene rings is 1. The first-order valence-electron chi connectivity index (χ1n) is 7.60. The van der Waals surface area contributed by atoms with Crippen molar-refractivity contribution in [2.75, 3.05) is 26.2 Å². The lowest BCUT2D eigenvalue weighted by Gasteiger charge is -2.21. The summed E-state index contributed by atoms with van der Waals surface area (Å²) in [6, 6.07) is 3.76. The van der Waals surface area contributed by atoms with Crippen LogP contribution < -0.4 is 0 Å². The SMILES string of the molecule is O=C(c1cnccn1)N1C[C@@H]2CN(C(=O)c3cccs3)C[C@@H]2C1. The molecule has 2 aliphatic rings. The van der Waals surface area contributed by atoms with Crippen LogP contribution in [0.3, 0.4) is 0 Å². The molecule has 23 heavy (non-hydrogen) atoms. The van der Waals surface area contributed by atoms with Gasteiger partial charge in [0.05, 0.1) is 11.1 Å². The topological polar surface area (TPSA) is 66.4 Å². The number of likely N-dealkylation sites (tertiary alicyclic amines) is 2. The molecule has 2 amide bonds. The van der Waals surface area contributed by atoms with Crippen LogP contribution in [0.1, 0.15) is 20.2 Å². The van der Waals surface area contributed by atoms with Crippen LogP contribution in [0.5, 0.6) is 0 Å². The van der Waals surface area contributed by atoms with E-state index in [-0.39, 0.29) is 11.8 Å². The molecule has 0 aliphatic carbocycles. The number of aromatic nitrogens is 2. The third-order valence-corrected chi connectivity index (χ3v) is 5.43. The number of hydrogen-bond donors (Lipinski definition) is 0. The van der Waals surface area contributed by atoms with Crippen LogP contribution >= 0.6 is 11.3 Å². The molecular weight excluding hydrogens is 312 g/mol. The van der Waals surface area contributed by atoms with Gasteiger partial charge in [-0.1, -0.05) is 6.07 Å². The Morgan fingerprint density at radius 3 is 2.30 bits per heavy atom. The molecule has 2 aromatic heterocycles. The lowest BCUT2D eigenvalue weighted by molar-refractivity contribution is 0.0737. The molecule has 0 radical (unpaired) electrons. The first-order valence-corrected chi connectivity index (χ1v) is 8.48. The highest BCUT2D eigenvalue weighted by molar-refractivity contribution is 7.12. The van der Waals surface area contributed by atoms with Gasteiger partial charge in [-0.2, -0.15) is 0 Å². The van der Waals surface area contributed by atoms with Crippen LogP contribution in [0, 0.1) is 11.8 Å². The summed E-state index contributed by atoms with van der Waals surface area (Å²) >= 11 is 1.48. The van der Waals surface area contributed by atoms with E-state index < -0.39 is 0 Å². The Morgan fingerprint density at radius 2 is 1.74 bits per heavy atom. The fourth-order valence-corrected chi connectivity index (χ4v) is 4.14. The summed E-state index contributed by atoms with van der Waals surface area (Å²) in [5, 5.41) is 1.92. The Morgan fingerprint density at radius 1 is 1.04 bits per heavy atom. The minimum absolute atomic E-state index is 0.0661. The van der Waals surface area contributed by atoms with Gasteiger partial charge in [-0.25, -0.2) is 4.98 Å². The normalized spacial score (nSPS) is 23.1. The number of nitrogens with zero attached hydrogens (tertiary/aromatic N) is 4. The molecule has 118 valence electrons. The summed E-state index contributed by atoms with van der Waals surface area (Å²) < 4.78 is 0. The van der Waals surface area contributed by atoms with Crippen LogP contribution in [0.2, 0.25) is 0 Å². The first kappa shape index (κ1) is 14.3. The molecule has 0 N–H and O–H groups in total. The maximum Gasteiger partial charge on any atom is 0.274 e. The molecule has 4 heterocycles. The van der Waals surface area contributed by atoms with Crippen molar-refractivity contribution in [1.29, 1.82) is 0 Å². The van der Waals surface area contributed by atoms with Crippen molar-refractivity contribution in [3.8, 4) is 0 Å². The molecular formula is C16H16N4O2S. The van der Waals surface area contributed by atoms with Gasteiger partial charge < -0.3 is 9.80 Å². The van der Waals surface area contributed by atoms with Crippen molar-refractivity contribution in [2.24, 2.45) is 11.8 Å². The molecule has 2 fully saturated rings. The zero-order chi connectivity index (χ0) is 15.8. The highest BCUT2D eigenvalue weighted by Gasteiger charge is 2.43. The third kappa shape index (κ3) is 2.61. The maximum absolute atomic E-state index is 12.4. The van der Waals surface area contributed by atoms with E-state index in [1.165, 1.54) is 23.7 Å². The van der Waals surface area contributed by atoms with Gasteiger partial charge in [0.15, 0.2) is 0 Å². The van der Waals surface area contributed by atoms with E-state index in [9.17, 15) is 9.59 Å². The summed E-state index contributed by atoms with van der Waals surface area (Å²) in [5.74, 6) is 0.768. The largest absolute Gasteiger partial charge is 0.337 e. The summed E-state index contributed by atoms with van der Waals surface area (Å²) in [7, 11) is 0. The molecule has 6 nitrogen and oxygen atoms in total. The Kier molecular flexibility index (Phi) is 3.57. The Balaban J connectivity index is 1.40. The second-order valence-corrected chi connectivity index (χ2v) is 6.96. The highest BCUT2D eigenvalue weighted by Crippen LogP contribution is 2.32. The van der Waals surface area contributed by atoms with Crippen molar-refractivity contribution in [3.63, 3.8) is 0 Å². The van der Waals surface area contributed by atoms with Gasteiger partial charge in [-0.15, -0.1) is 11.3 Å². The summed E-state index contributed by atoms with van der Waals surface area (Å²) in [5.41, 5.74) is 0.388. The van der Waals surface area contributed by atoms with Gasteiger partial charge in [-0.05, 0) is 11.4 Å². The zero-order valence-electron chi connectivity index (χ0n) is 12.5. The molecule has 2 atom stereocenters. The average Bonchev–Trinajstić information content (AvgIpc) is 3.29. The number of carbonyl (C=O) groups excluding carboxylic acids is 2. The average molecular weight is 328 g/mol. The minimum atomic E-state index is -0.0661. The molecule has 2 saturated heterocycles. The monoisotopic (exact) mass is 328 g/mol. The first-order chi connectivity index (χ1) is 11.2. The zero-order valence-corrected chi connectivity index (χ0v) is 13.3. The number of carbonyl (C=O) groups is 2. The fraction of sp³-hybridized carbons (Fsp3) is 0.375. The maximum atomic E-state index is 12.4. The molecule has 0 unspecified atom stereocenters. The second-order valence-electron chi connectivity index (χ2n) is 6.01. The van der Waals surface area contributed by atoms with Crippen molar-refractivity contribution >= 4 is 23.2 Å². The quantitative estimate of drug-likeness (QED) is 0.835. The molecule has 2 aliphatic heterocycles. The Labute approximate surface area is 137 Å². The molecule has 4 rings (SSSR count). The van der Waals surface area contributed by atoms with E-state index in [0.29, 0.717) is 30.6 Å². The molecule has 0 bridgehead atoms. The predicted octanol–water partition coefficient (Wildman–Crippen LogP) is 1.38. The highest BCUT2D eigenvalue weighted by atomic mass is 32.1. The van der Waals surface area contributed by atoms with Gasteiger partial charge in [0.1, 0.15) is 5.69 Å². The van der Waals surface area contributed by atoms with Crippen molar-refractivity contribution < 1.29 is 9.59 Å². The van der Waals surface area contributed by atoms with Gasteiger partial charge >= 0.3 is 0 Å². The molecule has 7 heteroatoms. The number of rotatable bonds is 2. The van der Waals surface area contributed by atoms with E-state index in [1.54, 1.807) is 6.20 Å². The molecule has 0 spiro atoms. The summed E-state index contributed by atoms with van der Waals surface area (Å²) in [4.78, 5) is 37.4. The number of hydrogen-bond acceptors (Lipinski definition) is 5. The van der Waals surface area contributed by atoms with Crippen LogP contribution in [0.25, 0.3) is 0 Å². The van der Waals surface area contributed by atoms with Gasteiger partial charge in [0.2, 0.25) is 0 Å². The molecule has 0 saturated carbocycles. The summed E-state index contributed by atoms with van der Waals surface area (Å²) in [6.45, 7) is 2.83. The van der Waals surface area contributed by atoms with Crippen LogP contribution in [0.15, 0.2) is 36.1 Å². The minimum Gasteiger partial charge on any atom is -0.337 e. The van der Waals surface area contributed by atoms with Crippen molar-refractivity contribution in [1.82, 2.24) is 19.8 Å². The number of amides is 2. The molecule has 2 aromatic rings. The van der Waals surface area contributed by atoms with Crippen LogP contribution in [-0.4, -0.2) is 57.8 Å².